The number of thiocarbonyl (C=S) groups is 1. The fraction of sp³-hybridized carbons (Fsp3) is 0.562. The topological polar surface area (TPSA) is 24.1 Å². The summed E-state index contributed by atoms with van der Waals surface area (Å²) in [6, 6.07) is 5.75. The highest BCUT2D eigenvalue weighted by Gasteiger charge is 2.26. The van der Waals surface area contributed by atoms with Crippen molar-refractivity contribution in [2.45, 2.75) is 53.5 Å². The van der Waals surface area contributed by atoms with Crippen molar-refractivity contribution in [1.29, 1.82) is 0 Å². The summed E-state index contributed by atoms with van der Waals surface area (Å²) in [5, 5.41) is 7.95. The van der Waals surface area contributed by atoms with Gasteiger partial charge in [-0.2, -0.15) is 0 Å². The molecule has 0 aliphatic carbocycles. The average molecular weight is 313 g/mol. The van der Waals surface area contributed by atoms with Crippen molar-refractivity contribution in [2.24, 2.45) is 5.41 Å². The first-order valence-corrected chi connectivity index (χ1v) is 7.62. The Kier molecular flexibility index (Phi) is 5.45. The van der Waals surface area contributed by atoms with Gasteiger partial charge in [-0.05, 0) is 62.5 Å². The highest BCUT2D eigenvalue weighted by Crippen LogP contribution is 2.27. The molecular weight excluding hydrogens is 288 g/mol. The van der Waals surface area contributed by atoms with E-state index in [1.54, 1.807) is 0 Å². The van der Waals surface area contributed by atoms with E-state index in [2.05, 4.69) is 45.3 Å². The van der Waals surface area contributed by atoms with Gasteiger partial charge in [-0.3, -0.25) is 0 Å². The van der Waals surface area contributed by atoms with Gasteiger partial charge in [0, 0.05) is 16.2 Å². The molecule has 1 rings (SSSR count). The van der Waals surface area contributed by atoms with Gasteiger partial charge in [-0.25, -0.2) is 0 Å². The number of hydrogen-bond acceptors (Lipinski definition) is 1. The van der Waals surface area contributed by atoms with Crippen LogP contribution < -0.4 is 10.6 Å². The Bertz CT molecular complexity index is 490. The van der Waals surface area contributed by atoms with Crippen molar-refractivity contribution in [3.05, 3.63) is 28.8 Å². The zero-order valence-corrected chi connectivity index (χ0v) is 14.8. The number of benzene rings is 1. The van der Waals surface area contributed by atoms with E-state index < -0.39 is 0 Å². The summed E-state index contributed by atoms with van der Waals surface area (Å²) in [6.45, 7) is 13.0. The Balaban J connectivity index is 2.70. The summed E-state index contributed by atoms with van der Waals surface area (Å²) in [6.07, 6.45) is 1.02. The van der Waals surface area contributed by atoms with Gasteiger partial charge in [0.25, 0.3) is 0 Å². The Morgan fingerprint density at radius 2 is 1.80 bits per heavy atom. The van der Waals surface area contributed by atoms with Crippen LogP contribution in [0.2, 0.25) is 5.02 Å². The summed E-state index contributed by atoms with van der Waals surface area (Å²) >= 11 is 11.4. The normalized spacial score (nSPS) is 12.2. The van der Waals surface area contributed by atoms with E-state index in [0.29, 0.717) is 10.1 Å². The third-order valence-electron chi connectivity index (χ3n) is 2.87. The largest absolute Gasteiger partial charge is 0.358 e. The standard InChI is InChI=1S/C16H25ClN2S/c1-11-7-8-12(17)9-13(11)18-14(20)19-16(5,6)10-15(2,3)4/h7-9H,10H2,1-6H3,(H2,18,19,20). The van der Waals surface area contributed by atoms with E-state index in [9.17, 15) is 0 Å². The molecule has 1 aromatic rings. The zero-order valence-electron chi connectivity index (χ0n) is 13.2. The lowest BCUT2D eigenvalue weighted by Crippen LogP contribution is -2.47. The molecule has 0 spiro atoms. The van der Waals surface area contributed by atoms with Crippen LogP contribution in [0.15, 0.2) is 18.2 Å². The molecule has 1 aromatic carbocycles. The third kappa shape index (κ3) is 6.10. The number of hydrogen-bond donors (Lipinski definition) is 2. The quantitative estimate of drug-likeness (QED) is 0.755. The molecule has 0 radical (unpaired) electrons. The number of nitrogens with one attached hydrogen (secondary N) is 2. The van der Waals surface area contributed by atoms with Crippen molar-refractivity contribution in [2.75, 3.05) is 5.32 Å². The number of halogens is 1. The smallest absolute Gasteiger partial charge is 0.171 e. The van der Waals surface area contributed by atoms with Crippen LogP contribution in [0.25, 0.3) is 0 Å². The monoisotopic (exact) mass is 312 g/mol. The highest BCUT2D eigenvalue weighted by molar-refractivity contribution is 7.80. The van der Waals surface area contributed by atoms with E-state index in [-0.39, 0.29) is 11.0 Å². The van der Waals surface area contributed by atoms with Crippen molar-refractivity contribution < 1.29 is 0 Å². The molecule has 0 bridgehead atoms. The van der Waals surface area contributed by atoms with Gasteiger partial charge in [0.1, 0.15) is 0 Å². The molecule has 2 nitrogen and oxygen atoms in total. The third-order valence-corrected chi connectivity index (χ3v) is 3.31. The van der Waals surface area contributed by atoms with E-state index in [4.69, 9.17) is 23.8 Å². The van der Waals surface area contributed by atoms with Crippen LogP contribution in [0.1, 0.15) is 46.6 Å². The van der Waals surface area contributed by atoms with Crippen LogP contribution in [0.3, 0.4) is 0 Å². The van der Waals surface area contributed by atoms with E-state index in [1.165, 1.54) is 0 Å². The molecule has 0 atom stereocenters. The van der Waals surface area contributed by atoms with Gasteiger partial charge in [-0.15, -0.1) is 0 Å². The zero-order chi connectivity index (χ0) is 15.6. The number of rotatable bonds is 3. The SMILES string of the molecule is Cc1ccc(Cl)cc1NC(=S)NC(C)(C)CC(C)(C)C. The van der Waals surface area contributed by atoms with Gasteiger partial charge in [0.2, 0.25) is 0 Å². The van der Waals surface area contributed by atoms with Crippen molar-refractivity contribution >= 4 is 34.6 Å². The molecule has 4 heteroatoms. The first-order valence-electron chi connectivity index (χ1n) is 6.84. The second-order valence-electron chi connectivity index (χ2n) is 7.16. The molecule has 0 aliphatic heterocycles. The predicted molar refractivity (Wildman–Crippen MR) is 93.7 cm³/mol. The average Bonchev–Trinajstić information content (AvgIpc) is 2.18. The van der Waals surface area contributed by atoms with Gasteiger partial charge < -0.3 is 10.6 Å². The second-order valence-corrected chi connectivity index (χ2v) is 8.00. The van der Waals surface area contributed by atoms with Crippen LogP contribution in [0.5, 0.6) is 0 Å². The highest BCUT2D eigenvalue weighted by atomic mass is 35.5. The molecule has 0 aromatic heterocycles. The molecule has 0 amide bonds. The van der Waals surface area contributed by atoms with E-state index >= 15 is 0 Å². The summed E-state index contributed by atoms with van der Waals surface area (Å²) < 4.78 is 0. The molecule has 0 saturated carbocycles. The first kappa shape index (κ1) is 17.3. The minimum atomic E-state index is -0.0607. The van der Waals surface area contributed by atoms with Gasteiger partial charge in [0.05, 0.1) is 0 Å². The summed E-state index contributed by atoms with van der Waals surface area (Å²) in [7, 11) is 0. The Labute approximate surface area is 133 Å². The molecule has 2 N–H and O–H groups in total. The Morgan fingerprint density at radius 3 is 2.35 bits per heavy atom. The Morgan fingerprint density at radius 1 is 1.20 bits per heavy atom. The fourth-order valence-electron chi connectivity index (χ4n) is 2.56. The summed E-state index contributed by atoms with van der Waals surface area (Å²) in [5.41, 5.74) is 2.25. The second kappa shape index (κ2) is 6.31. The fourth-order valence-corrected chi connectivity index (χ4v) is 3.12. The van der Waals surface area contributed by atoms with Crippen molar-refractivity contribution in [3.8, 4) is 0 Å². The molecule has 0 unspecified atom stereocenters. The van der Waals surface area contributed by atoms with Crippen LogP contribution in [0.4, 0.5) is 5.69 Å². The lowest BCUT2D eigenvalue weighted by atomic mass is 9.82. The molecule has 0 aliphatic rings. The van der Waals surface area contributed by atoms with Gasteiger partial charge >= 0.3 is 0 Å². The van der Waals surface area contributed by atoms with Gasteiger partial charge in [-0.1, -0.05) is 38.4 Å². The summed E-state index contributed by atoms with van der Waals surface area (Å²) in [4.78, 5) is 0. The van der Waals surface area contributed by atoms with Crippen LogP contribution >= 0.6 is 23.8 Å². The maximum Gasteiger partial charge on any atom is 0.171 e. The van der Waals surface area contributed by atoms with E-state index in [1.807, 2.05) is 25.1 Å². The molecule has 0 saturated heterocycles. The molecule has 0 heterocycles. The Hall–Kier alpha value is -0.800. The molecular formula is C16H25ClN2S. The lowest BCUT2D eigenvalue weighted by molar-refractivity contribution is 0.268. The van der Waals surface area contributed by atoms with E-state index in [0.717, 1.165) is 17.7 Å². The molecule has 20 heavy (non-hydrogen) atoms. The van der Waals surface area contributed by atoms with Crippen LogP contribution in [-0.4, -0.2) is 10.7 Å². The minimum absolute atomic E-state index is 0.0607. The van der Waals surface area contributed by atoms with Gasteiger partial charge in [0.15, 0.2) is 5.11 Å². The number of anilines is 1. The molecule has 112 valence electrons. The van der Waals surface area contributed by atoms with Crippen LogP contribution in [0, 0.1) is 12.3 Å². The summed E-state index contributed by atoms with van der Waals surface area (Å²) in [5.74, 6) is 0. The van der Waals surface area contributed by atoms with Crippen molar-refractivity contribution in [1.82, 2.24) is 5.32 Å². The van der Waals surface area contributed by atoms with Crippen LogP contribution in [-0.2, 0) is 0 Å². The lowest BCUT2D eigenvalue weighted by Gasteiger charge is -2.34. The van der Waals surface area contributed by atoms with Crippen molar-refractivity contribution in [3.63, 3.8) is 0 Å². The molecule has 0 fully saturated rings. The maximum absolute atomic E-state index is 6.02. The number of aryl methyl sites for hydroxylation is 1. The first-order chi connectivity index (χ1) is 8.98. The minimum Gasteiger partial charge on any atom is -0.358 e. The predicted octanol–water partition coefficient (Wildman–Crippen LogP) is 5.15. The maximum atomic E-state index is 6.02.